The first-order chi connectivity index (χ1) is 8.60. The first kappa shape index (κ1) is 13.1. The highest BCUT2D eigenvalue weighted by molar-refractivity contribution is 5.50. The fourth-order valence-electron chi connectivity index (χ4n) is 2.45. The normalized spacial score (nSPS) is 21.1. The Morgan fingerprint density at radius 3 is 2.83 bits per heavy atom. The zero-order valence-electron chi connectivity index (χ0n) is 11.8. The molecule has 5 heteroatoms. The molecule has 1 N–H and O–H groups in total. The van der Waals surface area contributed by atoms with Crippen molar-refractivity contribution in [1.82, 2.24) is 14.9 Å². The summed E-state index contributed by atoms with van der Waals surface area (Å²) in [5.41, 5.74) is 0. The first-order valence-corrected chi connectivity index (χ1v) is 6.65. The third-order valence-electron chi connectivity index (χ3n) is 3.31. The van der Waals surface area contributed by atoms with Crippen molar-refractivity contribution in [2.45, 2.75) is 26.8 Å². The Bertz CT molecular complexity index is 406. The van der Waals surface area contributed by atoms with Gasteiger partial charge < -0.3 is 15.1 Å². The molecule has 1 aliphatic rings. The summed E-state index contributed by atoms with van der Waals surface area (Å²) in [5, 5.41) is 3.26. The fraction of sp³-hybridized carbons (Fsp3) is 0.692. The van der Waals surface area contributed by atoms with Gasteiger partial charge in [-0.25, -0.2) is 9.97 Å². The average molecular weight is 249 g/mol. The van der Waals surface area contributed by atoms with Crippen molar-refractivity contribution >= 4 is 11.6 Å². The van der Waals surface area contributed by atoms with Crippen LogP contribution in [0.5, 0.6) is 0 Å². The molecule has 0 aliphatic carbocycles. The van der Waals surface area contributed by atoms with Gasteiger partial charge in [0.2, 0.25) is 0 Å². The van der Waals surface area contributed by atoms with Crippen molar-refractivity contribution in [3.05, 3.63) is 11.9 Å². The number of aryl methyl sites for hydroxylation is 1. The van der Waals surface area contributed by atoms with E-state index in [-0.39, 0.29) is 0 Å². The lowest BCUT2D eigenvalue weighted by Gasteiger charge is -2.39. The number of anilines is 2. The van der Waals surface area contributed by atoms with E-state index >= 15 is 0 Å². The number of nitrogens with one attached hydrogen (secondary N) is 1. The molecule has 1 fully saturated rings. The third-order valence-corrected chi connectivity index (χ3v) is 3.31. The molecule has 0 radical (unpaired) electrons. The van der Waals surface area contributed by atoms with Crippen molar-refractivity contribution in [1.29, 1.82) is 0 Å². The van der Waals surface area contributed by atoms with Gasteiger partial charge in [0.25, 0.3) is 0 Å². The van der Waals surface area contributed by atoms with Crippen LogP contribution in [0, 0.1) is 6.92 Å². The van der Waals surface area contributed by atoms with Gasteiger partial charge in [-0.1, -0.05) is 0 Å². The minimum atomic E-state index is 0.493. The number of nitrogens with zero attached hydrogens (tertiary/aromatic N) is 4. The van der Waals surface area contributed by atoms with Gasteiger partial charge in [-0.05, 0) is 27.8 Å². The number of piperazine rings is 1. The van der Waals surface area contributed by atoms with Crippen LogP contribution in [0.1, 0.15) is 19.7 Å². The van der Waals surface area contributed by atoms with Gasteiger partial charge in [0.15, 0.2) is 0 Å². The molecule has 1 unspecified atom stereocenters. The van der Waals surface area contributed by atoms with E-state index in [4.69, 9.17) is 0 Å². The highest BCUT2D eigenvalue weighted by Crippen LogP contribution is 2.20. The summed E-state index contributed by atoms with van der Waals surface area (Å²) in [7, 11) is 2.17. The van der Waals surface area contributed by atoms with Gasteiger partial charge >= 0.3 is 0 Å². The molecule has 1 aromatic rings. The van der Waals surface area contributed by atoms with Gasteiger partial charge in [-0.2, -0.15) is 0 Å². The third kappa shape index (κ3) is 2.90. The molecular weight excluding hydrogens is 226 g/mol. The number of hydrogen-bond acceptors (Lipinski definition) is 5. The Labute approximate surface area is 109 Å². The van der Waals surface area contributed by atoms with Crippen LogP contribution in [0.25, 0.3) is 0 Å². The maximum absolute atomic E-state index is 4.57. The van der Waals surface area contributed by atoms with Crippen molar-refractivity contribution in [2.24, 2.45) is 0 Å². The fourth-order valence-corrected chi connectivity index (χ4v) is 2.45. The van der Waals surface area contributed by atoms with E-state index in [0.29, 0.717) is 6.04 Å². The molecule has 2 rings (SSSR count). The summed E-state index contributed by atoms with van der Waals surface area (Å²) in [4.78, 5) is 13.7. The van der Waals surface area contributed by atoms with Crippen LogP contribution in [0.4, 0.5) is 11.6 Å². The molecule has 2 heterocycles. The molecule has 0 saturated carbocycles. The molecule has 0 spiro atoms. The minimum absolute atomic E-state index is 0.493. The van der Waals surface area contributed by atoms with E-state index in [1.54, 1.807) is 0 Å². The molecule has 1 aliphatic heterocycles. The average Bonchev–Trinajstić information content (AvgIpc) is 2.28. The second-order valence-corrected chi connectivity index (χ2v) is 4.99. The quantitative estimate of drug-likeness (QED) is 0.876. The van der Waals surface area contributed by atoms with Gasteiger partial charge in [-0.15, -0.1) is 0 Å². The summed E-state index contributed by atoms with van der Waals surface area (Å²) < 4.78 is 0. The predicted molar refractivity (Wildman–Crippen MR) is 75.2 cm³/mol. The summed E-state index contributed by atoms with van der Waals surface area (Å²) in [6, 6.07) is 2.55. The molecule has 0 aromatic carbocycles. The number of rotatable bonds is 3. The largest absolute Gasteiger partial charge is 0.370 e. The predicted octanol–water partition coefficient (Wildman–Crippen LogP) is 1.36. The molecule has 1 aromatic heterocycles. The van der Waals surface area contributed by atoms with Crippen LogP contribution >= 0.6 is 0 Å². The topological polar surface area (TPSA) is 44.3 Å². The Kier molecular flexibility index (Phi) is 4.01. The Balaban J connectivity index is 2.21. The minimum Gasteiger partial charge on any atom is -0.370 e. The zero-order chi connectivity index (χ0) is 13.1. The van der Waals surface area contributed by atoms with Crippen molar-refractivity contribution in [3.63, 3.8) is 0 Å². The van der Waals surface area contributed by atoms with Crippen LogP contribution in [-0.4, -0.2) is 54.1 Å². The van der Waals surface area contributed by atoms with Crippen LogP contribution < -0.4 is 10.2 Å². The highest BCUT2D eigenvalue weighted by Gasteiger charge is 2.23. The molecule has 5 nitrogen and oxygen atoms in total. The molecule has 1 atom stereocenters. The molecule has 1 saturated heterocycles. The maximum atomic E-state index is 4.57. The standard InChI is InChI=1S/C13H23N5/c1-5-14-12-8-13(16-11(3)15-12)18-7-6-17(4)9-10(18)2/h8,10H,5-7,9H2,1-4H3,(H,14,15,16). The lowest BCUT2D eigenvalue weighted by atomic mass is 10.2. The Hall–Kier alpha value is -1.36. The van der Waals surface area contributed by atoms with Crippen LogP contribution in [-0.2, 0) is 0 Å². The van der Waals surface area contributed by atoms with E-state index in [0.717, 1.165) is 43.6 Å². The van der Waals surface area contributed by atoms with E-state index in [2.05, 4.69) is 52.0 Å². The van der Waals surface area contributed by atoms with E-state index < -0.39 is 0 Å². The lowest BCUT2D eigenvalue weighted by molar-refractivity contribution is 0.274. The Morgan fingerprint density at radius 1 is 1.39 bits per heavy atom. The molecule has 0 bridgehead atoms. The molecule has 18 heavy (non-hydrogen) atoms. The SMILES string of the molecule is CCNc1cc(N2CCN(C)CC2C)nc(C)n1. The summed E-state index contributed by atoms with van der Waals surface area (Å²) in [6.07, 6.45) is 0. The van der Waals surface area contributed by atoms with E-state index in [1.807, 2.05) is 6.92 Å². The van der Waals surface area contributed by atoms with Gasteiger partial charge in [0.05, 0.1) is 0 Å². The first-order valence-electron chi connectivity index (χ1n) is 6.65. The van der Waals surface area contributed by atoms with Crippen LogP contribution in [0.2, 0.25) is 0 Å². The maximum Gasteiger partial charge on any atom is 0.134 e. The van der Waals surface area contributed by atoms with E-state index in [1.165, 1.54) is 0 Å². The van der Waals surface area contributed by atoms with Crippen molar-refractivity contribution in [2.75, 3.05) is 43.4 Å². The van der Waals surface area contributed by atoms with Crippen molar-refractivity contribution in [3.8, 4) is 0 Å². The van der Waals surface area contributed by atoms with Gasteiger partial charge in [0.1, 0.15) is 17.5 Å². The molecule has 0 amide bonds. The number of hydrogen-bond donors (Lipinski definition) is 1. The number of aromatic nitrogens is 2. The number of likely N-dealkylation sites (N-methyl/N-ethyl adjacent to an activating group) is 1. The van der Waals surface area contributed by atoms with Gasteiger partial charge in [-0.3, -0.25) is 0 Å². The second kappa shape index (κ2) is 5.52. The smallest absolute Gasteiger partial charge is 0.134 e. The van der Waals surface area contributed by atoms with Crippen molar-refractivity contribution < 1.29 is 0 Å². The van der Waals surface area contributed by atoms with E-state index in [9.17, 15) is 0 Å². The molecule has 100 valence electrons. The second-order valence-electron chi connectivity index (χ2n) is 4.99. The lowest BCUT2D eigenvalue weighted by Crippen LogP contribution is -2.50. The summed E-state index contributed by atoms with van der Waals surface area (Å²) in [5.74, 6) is 2.79. The van der Waals surface area contributed by atoms with Gasteiger partial charge in [0, 0.05) is 38.3 Å². The monoisotopic (exact) mass is 249 g/mol. The summed E-state index contributed by atoms with van der Waals surface area (Å²) in [6.45, 7) is 10.4. The molecular formula is C13H23N5. The van der Waals surface area contributed by atoms with Crippen LogP contribution in [0.3, 0.4) is 0 Å². The van der Waals surface area contributed by atoms with Crippen LogP contribution in [0.15, 0.2) is 6.07 Å². The highest BCUT2D eigenvalue weighted by atomic mass is 15.3. The summed E-state index contributed by atoms with van der Waals surface area (Å²) >= 11 is 0. The zero-order valence-corrected chi connectivity index (χ0v) is 11.8. The Morgan fingerprint density at radius 2 is 2.17 bits per heavy atom.